The molecule has 0 aromatic heterocycles. The normalized spacial score (nSPS) is 11.5. The van der Waals surface area contributed by atoms with Gasteiger partial charge in [-0.3, -0.25) is 4.79 Å². The average molecular weight is 370 g/mol. The van der Waals surface area contributed by atoms with Crippen LogP contribution in [-0.2, 0) is 14.3 Å². The zero-order valence-electron chi connectivity index (χ0n) is 13.1. The summed E-state index contributed by atoms with van der Waals surface area (Å²) < 4.78 is 36.6. The summed E-state index contributed by atoms with van der Waals surface area (Å²) >= 11 is 5.74. The molecule has 1 amide bonds. The van der Waals surface area contributed by atoms with E-state index < -0.39 is 36.2 Å². The predicted octanol–water partition coefficient (Wildman–Crippen LogP) is 3.57. The summed E-state index contributed by atoms with van der Waals surface area (Å²) in [5, 5.41) is 2.63. The van der Waals surface area contributed by atoms with E-state index in [1.165, 1.54) is 6.92 Å². The molecule has 2 rings (SSSR count). The van der Waals surface area contributed by atoms with Crippen LogP contribution in [0.3, 0.4) is 0 Å². The van der Waals surface area contributed by atoms with Gasteiger partial charge in [0.15, 0.2) is 12.7 Å². The Kier molecular flexibility index (Phi) is 6.30. The third-order valence-corrected chi connectivity index (χ3v) is 3.26. The summed E-state index contributed by atoms with van der Waals surface area (Å²) in [4.78, 5) is 23.5. The van der Waals surface area contributed by atoms with Gasteiger partial charge < -0.3 is 14.8 Å². The van der Waals surface area contributed by atoms with Gasteiger partial charge in [0.2, 0.25) is 0 Å². The molecule has 0 fully saturated rings. The van der Waals surface area contributed by atoms with Crippen LogP contribution in [0, 0.1) is 11.6 Å². The lowest BCUT2D eigenvalue weighted by molar-refractivity contribution is -0.153. The molecule has 1 atom stereocenters. The largest absolute Gasteiger partial charge is 0.479 e. The quantitative estimate of drug-likeness (QED) is 0.791. The van der Waals surface area contributed by atoms with Gasteiger partial charge in [-0.2, -0.15) is 0 Å². The van der Waals surface area contributed by atoms with Gasteiger partial charge in [0.05, 0.1) is 5.69 Å². The molecule has 0 aliphatic heterocycles. The number of halogens is 3. The second-order valence-electron chi connectivity index (χ2n) is 4.99. The van der Waals surface area contributed by atoms with Crippen molar-refractivity contribution in [2.45, 2.75) is 13.0 Å². The lowest BCUT2D eigenvalue weighted by Gasteiger charge is -2.14. The van der Waals surface area contributed by atoms with Crippen molar-refractivity contribution in [1.29, 1.82) is 0 Å². The zero-order valence-corrected chi connectivity index (χ0v) is 13.8. The molecule has 2 aromatic carbocycles. The second kappa shape index (κ2) is 8.43. The van der Waals surface area contributed by atoms with E-state index in [4.69, 9.17) is 21.1 Å². The Labute approximate surface area is 147 Å². The molecular formula is C17H14ClF2NO4. The lowest BCUT2D eigenvalue weighted by Crippen LogP contribution is -2.29. The fraction of sp³-hybridized carbons (Fsp3) is 0.176. The topological polar surface area (TPSA) is 64.6 Å². The van der Waals surface area contributed by atoms with Gasteiger partial charge >= 0.3 is 5.97 Å². The minimum absolute atomic E-state index is 0.341. The number of hydrogen-bond acceptors (Lipinski definition) is 4. The van der Waals surface area contributed by atoms with Crippen molar-refractivity contribution >= 4 is 29.2 Å². The van der Waals surface area contributed by atoms with E-state index >= 15 is 0 Å². The molecule has 0 spiro atoms. The first-order valence-corrected chi connectivity index (χ1v) is 7.56. The van der Waals surface area contributed by atoms with Crippen molar-refractivity contribution in [3.05, 3.63) is 59.1 Å². The fourth-order valence-corrected chi connectivity index (χ4v) is 1.92. The molecule has 0 aliphatic carbocycles. The summed E-state index contributed by atoms with van der Waals surface area (Å²) in [7, 11) is 0. The van der Waals surface area contributed by atoms with Crippen LogP contribution < -0.4 is 10.1 Å². The average Bonchev–Trinajstić information content (AvgIpc) is 2.58. The van der Waals surface area contributed by atoms with Gasteiger partial charge in [-0.05, 0) is 43.3 Å². The number of rotatable bonds is 6. The number of anilines is 1. The Morgan fingerprint density at radius 1 is 1.16 bits per heavy atom. The molecule has 0 saturated carbocycles. The van der Waals surface area contributed by atoms with Crippen molar-refractivity contribution in [3.63, 3.8) is 0 Å². The summed E-state index contributed by atoms with van der Waals surface area (Å²) in [5.74, 6) is -2.71. The highest BCUT2D eigenvalue weighted by molar-refractivity contribution is 6.30. The first-order chi connectivity index (χ1) is 11.8. The molecule has 2 aromatic rings. The molecule has 5 nitrogen and oxygen atoms in total. The highest BCUT2D eigenvalue weighted by Crippen LogP contribution is 2.17. The number of amides is 1. The highest BCUT2D eigenvalue weighted by Gasteiger charge is 2.18. The van der Waals surface area contributed by atoms with Crippen molar-refractivity contribution in [2.24, 2.45) is 0 Å². The number of esters is 1. The van der Waals surface area contributed by atoms with E-state index in [1.807, 2.05) is 0 Å². The van der Waals surface area contributed by atoms with Crippen LogP contribution in [0.5, 0.6) is 5.75 Å². The van der Waals surface area contributed by atoms with Gasteiger partial charge in [0.1, 0.15) is 17.4 Å². The van der Waals surface area contributed by atoms with E-state index in [2.05, 4.69) is 5.32 Å². The van der Waals surface area contributed by atoms with Crippen molar-refractivity contribution in [3.8, 4) is 5.75 Å². The Morgan fingerprint density at radius 3 is 2.52 bits per heavy atom. The Hall–Kier alpha value is -2.67. The molecule has 0 heterocycles. The van der Waals surface area contributed by atoms with E-state index in [9.17, 15) is 18.4 Å². The second-order valence-corrected chi connectivity index (χ2v) is 5.43. The Morgan fingerprint density at radius 2 is 1.84 bits per heavy atom. The predicted molar refractivity (Wildman–Crippen MR) is 87.5 cm³/mol. The first kappa shape index (κ1) is 18.7. The van der Waals surface area contributed by atoms with Crippen LogP contribution in [0.1, 0.15) is 6.92 Å². The Bertz CT molecular complexity index is 768. The smallest absolute Gasteiger partial charge is 0.347 e. The van der Waals surface area contributed by atoms with Crippen molar-refractivity contribution < 1.29 is 27.8 Å². The van der Waals surface area contributed by atoms with Gasteiger partial charge in [-0.25, -0.2) is 13.6 Å². The van der Waals surface area contributed by atoms with E-state index in [0.29, 0.717) is 10.8 Å². The van der Waals surface area contributed by atoms with E-state index in [0.717, 1.165) is 18.2 Å². The molecule has 0 unspecified atom stereocenters. The summed E-state index contributed by atoms with van der Waals surface area (Å²) in [6.45, 7) is 0.782. The van der Waals surface area contributed by atoms with E-state index in [-0.39, 0.29) is 5.69 Å². The third-order valence-electron chi connectivity index (χ3n) is 3.01. The number of ether oxygens (including phenoxy) is 2. The maximum Gasteiger partial charge on any atom is 0.347 e. The molecule has 8 heteroatoms. The number of carbonyl (C=O) groups excluding carboxylic acids is 2. The van der Waals surface area contributed by atoms with Crippen molar-refractivity contribution in [1.82, 2.24) is 0 Å². The van der Waals surface area contributed by atoms with Gasteiger partial charge in [-0.1, -0.05) is 11.6 Å². The Balaban J connectivity index is 1.83. The van der Waals surface area contributed by atoms with Crippen LogP contribution in [0.25, 0.3) is 0 Å². The van der Waals surface area contributed by atoms with Gasteiger partial charge in [0.25, 0.3) is 5.91 Å². The number of nitrogens with one attached hydrogen (secondary N) is 1. The third kappa shape index (κ3) is 5.72. The molecule has 0 aliphatic rings. The molecule has 0 saturated heterocycles. The van der Waals surface area contributed by atoms with Crippen LogP contribution in [-0.4, -0.2) is 24.6 Å². The SMILES string of the molecule is C[C@@H](Oc1ccc(Cl)cc1)C(=O)OCC(=O)Nc1cc(F)ccc1F. The standard InChI is InChI=1S/C17H14ClF2NO4/c1-10(25-13-5-2-11(18)3-6-13)17(23)24-9-16(22)21-15-8-12(19)4-7-14(15)20/h2-8,10H,9H2,1H3,(H,21,22)/t10-/m1/s1. The number of hydrogen-bond donors (Lipinski definition) is 1. The van der Waals surface area contributed by atoms with Crippen molar-refractivity contribution in [2.75, 3.05) is 11.9 Å². The maximum absolute atomic E-state index is 13.4. The maximum atomic E-state index is 13.4. The summed E-state index contributed by atoms with van der Waals surface area (Å²) in [6.07, 6.45) is -0.972. The van der Waals surface area contributed by atoms with Gasteiger partial charge in [-0.15, -0.1) is 0 Å². The lowest BCUT2D eigenvalue weighted by atomic mass is 10.3. The minimum atomic E-state index is -0.972. The monoisotopic (exact) mass is 369 g/mol. The van der Waals surface area contributed by atoms with Crippen LogP contribution in [0.15, 0.2) is 42.5 Å². The fourth-order valence-electron chi connectivity index (χ4n) is 1.80. The molecule has 132 valence electrons. The summed E-state index contributed by atoms with van der Waals surface area (Å²) in [5.41, 5.74) is -0.341. The zero-order chi connectivity index (χ0) is 18.4. The van der Waals surface area contributed by atoms with Gasteiger partial charge in [0, 0.05) is 11.1 Å². The van der Waals surface area contributed by atoms with Crippen LogP contribution >= 0.6 is 11.6 Å². The van der Waals surface area contributed by atoms with Crippen LogP contribution in [0.4, 0.5) is 14.5 Å². The molecular weight excluding hydrogens is 356 g/mol. The van der Waals surface area contributed by atoms with Crippen LogP contribution in [0.2, 0.25) is 5.02 Å². The molecule has 0 bridgehead atoms. The highest BCUT2D eigenvalue weighted by atomic mass is 35.5. The first-order valence-electron chi connectivity index (χ1n) is 7.19. The molecule has 1 N–H and O–H groups in total. The van der Waals surface area contributed by atoms with E-state index in [1.54, 1.807) is 24.3 Å². The number of carbonyl (C=O) groups is 2. The minimum Gasteiger partial charge on any atom is -0.479 e. The summed E-state index contributed by atoms with van der Waals surface area (Å²) in [6, 6.07) is 8.95. The molecule has 0 radical (unpaired) electrons. The molecule has 25 heavy (non-hydrogen) atoms. The number of benzene rings is 2.